The van der Waals surface area contributed by atoms with Crippen LogP contribution in [0, 0.1) is 0 Å². The second-order valence-corrected chi connectivity index (χ2v) is 5.58. The first-order chi connectivity index (χ1) is 11.0. The Kier molecular flexibility index (Phi) is 6.77. The minimum Gasteiger partial charge on any atom is -0.476 e. The molecule has 0 amide bonds. The van der Waals surface area contributed by atoms with E-state index < -0.39 is 73.4 Å². The molecular formula is C13H21NO10. The molecule has 1 aliphatic heterocycles. The molecule has 11 nitrogen and oxygen atoms in total. The second kappa shape index (κ2) is 7.96. The van der Waals surface area contributed by atoms with E-state index in [0.29, 0.717) is 0 Å². The third-order valence-corrected chi connectivity index (χ3v) is 3.54. The van der Waals surface area contributed by atoms with Gasteiger partial charge in [0, 0.05) is 0 Å². The van der Waals surface area contributed by atoms with Gasteiger partial charge in [-0.05, 0) is 6.92 Å². The van der Waals surface area contributed by atoms with Crippen molar-refractivity contribution in [2.75, 3.05) is 6.61 Å². The molecule has 0 aliphatic carbocycles. The van der Waals surface area contributed by atoms with Crippen molar-refractivity contribution >= 4 is 17.7 Å². The summed E-state index contributed by atoms with van der Waals surface area (Å²) in [7, 11) is 0. The number of aliphatic hydroxyl groups excluding tert-OH is 4. The molecule has 1 aliphatic rings. The molecule has 1 heterocycles. The molecule has 0 bridgehead atoms. The van der Waals surface area contributed by atoms with E-state index in [4.69, 9.17) is 20.3 Å². The Morgan fingerprint density at radius 3 is 2.42 bits per heavy atom. The van der Waals surface area contributed by atoms with Gasteiger partial charge in [-0.3, -0.25) is 9.59 Å². The molecule has 11 heteroatoms. The number of esters is 1. The number of hydrogen-bond acceptors (Lipinski definition) is 10. The van der Waals surface area contributed by atoms with E-state index in [2.05, 4.69) is 0 Å². The molecule has 0 saturated carbocycles. The van der Waals surface area contributed by atoms with Crippen LogP contribution in [0.3, 0.4) is 0 Å². The third-order valence-electron chi connectivity index (χ3n) is 3.54. The average Bonchev–Trinajstić information content (AvgIpc) is 2.48. The van der Waals surface area contributed by atoms with E-state index in [1.54, 1.807) is 0 Å². The van der Waals surface area contributed by atoms with Crippen molar-refractivity contribution < 1.29 is 49.4 Å². The highest BCUT2D eigenvalue weighted by molar-refractivity contribution is 5.95. The number of ether oxygens (including phenoxy) is 2. The number of ketones is 1. The Morgan fingerprint density at radius 2 is 1.96 bits per heavy atom. The molecule has 0 radical (unpaired) electrons. The summed E-state index contributed by atoms with van der Waals surface area (Å²) in [6.07, 6.45) is -8.27. The molecule has 0 spiro atoms. The van der Waals surface area contributed by atoms with Crippen molar-refractivity contribution in [2.24, 2.45) is 5.73 Å². The first-order valence-corrected chi connectivity index (χ1v) is 7.07. The van der Waals surface area contributed by atoms with Crippen molar-refractivity contribution in [3.8, 4) is 0 Å². The van der Waals surface area contributed by atoms with Gasteiger partial charge in [0.05, 0.1) is 25.2 Å². The number of nitrogens with two attached hydrogens (primary N) is 1. The number of Topliss-reactive ketones (excluding diaryl/α,β-unsaturated/α-hetero) is 1. The van der Waals surface area contributed by atoms with Crippen LogP contribution in [0.25, 0.3) is 0 Å². The second-order valence-electron chi connectivity index (χ2n) is 5.58. The van der Waals surface area contributed by atoms with Gasteiger partial charge in [-0.1, -0.05) is 0 Å². The monoisotopic (exact) mass is 351 g/mol. The molecule has 0 aromatic heterocycles. The molecule has 6 atom stereocenters. The van der Waals surface area contributed by atoms with Crippen molar-refractivity contribution in [3.63, 3.8) is 0 Å². The van der Waals surface area contributed by atoms with Crippen LogP contribution in [-0.4, -0.2) is 86.1 Å². The van der Waals surface area contributed by atoms with E-state index in [1.807, 2.05) is 0 Å². The number of aliphatic carboxylic acids is 1. The van der Waals surface area contributed by atoms with Gasteiger partial charge in [0.15, 0.2) is 0 Å². The standard InChI is InChI=1S/C13H21NO10/c1-5(16)2-8(19)23-13(12(21)22)3-6(17)9(14)11(24-13)10(20)7(18)4-15/h6-7,9-11,15,17-18,20H,2-4,14H2,1H3,(H,21,22)/t6-,7?,9+,10?,11+,13?/m0/s1. The van der Waals surface area contributed by atoms with Gasteiger partial charge in [-0.25, -0.2) is 4.79 Å². The number of carboxylic acid groups (broad SMARTS) is 1. The number of carboxylic acids is 1. The molecular weight excluding hydrogens is 330 g/mol. The number of carbonyl (C=O) groups excluding carboxylic acids is 2. The van der Waals surface area contributed by atoms with Crippen molar-refractivity contribution in [2.45, 2.75) is 56.0 Å². The maximum absolute atomic E-state index is 11.6. The summed E-state index contributed by atoms with van der Waals surface area (Å²) in [5.41, 5.74) is 5.63. The maximum atomic E-state index is 11.6. The van der Waals surface area contributed by atoms with E-state index in [9.17, 15) is 34.8 Å². The normalized spacial score (nSPS) is 32.7. The Hall–Kier alpha value is -1.63. The predicted molar refractivity (Wildman–Crippen MR) is 74.3 cm³/mol. The van der Waals surface area contributed by atoms with Crippen molar-refractivity contribution in [1.82, 2.24) is 0 Å². The molecule has 138 valence electrons. The van der Waals surface area contributed by atoms with E-state index in [0.717, 1.165) is 6.92 Å². The van der Waals surface area contributed by atoms with Gasteiger partial charge in [0.25, 0.3) is 0 Å². The van der Waals surface area contributed by atoms with E-state index in [-0.39, 0.29) is 0 Å². The highest BCUT2D eigenvalue weighted by Crippen LogP contribution is 2.33. The summed E-state index contributed by atoms with van der Waals surface area (Å²) < 4.78 is 9.81. The zero-order valence-electron chi connectivity index (χ0n) is 12.9. The van der Waals surface area contributed by atoms with Crippen LogP contribution in [0.1, 0.15) is 19.8 Å². The molecule has 1 fully saturated rings. The number of carbonyl (C=O) groups is 3. The lowest BCUT2D eigenvalue weighted by Crippen LogP contribution is -2.66. The van der Waals surface area contributed by atoms with Crippen LogP contribution in [0.5, 0.6) is 0 Å². The lowest BCUT2D eigenvalue weighted by atomic mass is 9.89. The molecule has 1 rings (SSSR count). The Labute approximate surface area is 136 Å². The first-order valence-electron chi connectivity index (χ1n) is 7.07. The van der Waals surface area contributed by atoms with E-state index >= 15 is 0 Å². The quantitative estimate of drug-likeness (QED) is 0.196. The van der Waals surface area contributed by atoms with Crippen LogP contribution in [0.2, 0.25) is 0 Å². The van der Waals surface area contributed by atoms with Crippen molar-refractivity contribution in [1.29, 1.82) is 0 Å². The topological polar surface area (TPSA) is 197 Å². The number of aliphatic hydroxyl groups is 4. The molecule has 1 saturated heterocycles. The minimum atomic E-state index is -2.69. The predicted octanol–water partition coefficient (Wildman–Crippen LogP) is -3.52. The molecule has 24 heavy (non-hydrogen) atoms. The third kappa shape index (κ3) is 4.47. The summed E-state index contributed by atoms with van der Waals surface area (Å²) in [5.74, 6) is -6.27. The Bertz CT molecular complexity index is 497. The van der Waals surface area contributed by atoms with Crippen LogP contribution in [-0.2, 0) is 23.9 Å². The summed E-state index contributed by atoms with van der Waals surface area (Å²) in [5, 5.41) is 47.5. The molecule has 0 aromatic rings. The number of rotatable bonds is 7. The van der Waals surface area contributed by atoms with Gasteiger partial charge in [0.2, 0.25) is 0 Å². The van der Waals surface area contributed by atoms with Crippen LogP contribution in [0.4, 0.5) is 0 Å². The summed E-state index contributed by atoms with van der Waals surface area (Å²) >= 11 is 0. The van der Waals surface area contributed by atoms with Gasteiger partial charge < -0.3 is 40.7 Å². The highest BCUT2D eigenvalue weighted by Gasteiger charge is 2.56. The Morgan fingerprint density at radius 1 is 1.38 bits per heavy atom. The fourth-order valence-electron chi connectivity index (χ4n) is 2.27. The highest BCUT2D eigenvalue weighted by atomic mass is 16.7. The van der Waals surface area contributed by atoms with Gasteiger partial charge >= 0.3 is 17.7 Å². The summed E-state index contributed by atoms with van der Waals surface area (Å²) in [4.78, 5) is 34.1. The molecule has 0 aromatic carbocycles. The van der Waals surface area contributed by atoms with Gasteiger partial charge in [-0.2, -0.15) is 0 Å². The van der Waals surface area contributed by atoms with Crippen molar-refractivity contribution in [3.05, 3.63) is 0 Å². The fourth-order valence-corrected chi connectivity index (χ4v) is 2.27. The maximum Gasteiger partial charge on any atom is 0.377 e. The smallest absolute Gasteiger partial charge is 0.377 e. The lowest BCUT2D eigenvalue weighted by molar-refractivity contribution is -0.299. The van der Waals surface area contributed by atoms with Gasteiger partial charge in [0.1, 0.15) is 30.5 Å². The zero-order chi connectivity index (χ0) is 18.7. The van der Waals surface area contributed by atoms with Crippen LogP contribution < -0.4 is 5.73 Å². The SMILES string of the molecule is CC(=O)CC(=O)OC1(C(=O)O)C[C@H](O)[C@@H](N)[C@H](C(O)C(O)CO)O1. The van der Waals surface area contributed by atoms with E-state index in [1.165, 1.54) is 0 Å². The fraction of sp³-hybridized carbons (Fsp3) is 0.769. The van der Waals surface area contributed by atoms with Gasteiger partial charge in [-0.15, -0.1) is 0 Å². The lowest BCUT2D eigenvalue weighted by Gasteiger charge is -2.44. The largest absolute Gasteiger partial charge is 0.476 e. The average molecular weight is 351 g/mol. The Balaban J connectivity index is 3.09. The first kappa shape index (κ1) is 20.4. The molecule has 3 unspecified atom stereocenters. The van der Waals surface area contributed by atoms with Crippen LogP contribution in [0.15, 0.2) is 0 Å². The molecule has 7 N–H and O–H groups in total. The zero-order valence-corrected chi connectivity index (χ0v) is 12.9. The minimum absolute atomic E-state index is 0.583. The van der Waals surface area contributed by atoms with Crippen LogP contribution >= 0.6 is 0 Å². The summed E-state index contributed by atoms with van der Waals surface area (Å²) in [6, 6.07) is -1.32. The number of hydrogen-bond donors (Lipinski definition) is 6. The summed E-state index contributed by atoms with van der Waals surface area (Å²) in [6.45, 7) is 0.208.